The monoisotopic (exact) mass is 238 g/mol. The van der Waals surface area contributed by atoms with E-state index in [9.17, 15) is 4.79 Å². The molecule has 2 N–H and O–H groups in total. The number of nitrogen functional groups attached to an aromatic ring is 1. The van der Waals surface area contributed by atoms with E-state index in [1.54, 1.807) is 37.3 Å². The normalized spacial score (nSPS) is 9.82. The predicted octanol–water partition coefficient (Wildman–Crippen LogP) is 1.13. The lowest BCUT2D eigenvalue weighted by Gasteiger charge is -2.15. The van der Waals surface area contributed by atoms with Crippen LogP contribution in [0.4, 0.5) is 5.69 Å². The minimum absolute atomic E-state index is 0.0261. The van der Waals surface area contributed by atoms with Crippen molar-refractivity contribution in [1.82, 2.24) is 4.90 Å². The molecule has 5 heteroatoms. The minimum atomic E-state index is -0.0882. The van der Waals surface area contributed by atoms with Crippen LogP contribution in [-0.2, 0) is 4.79 Å². The van der Waals surface area contributed by atoms with Crippen LogP contribution in [0.25, 0.3) is 0 Å². The summed E-state index contributed by atoms with van der Waals surface area (Å²) in [6.07, 6.45) is 0. The molecular weight excluding hydrogens is 220 g/mol. The van der Waals surface area contributed by atoms with Gasteiger partial charge in [0.15, 0.2) is 6.61 Å². The van der Waals surface area contributed by atoms with Crippen molar-refractivity contribution in [2.24, 2.45) is 0 Å². The summed E-state index contributed by atoms with van der Waals surface area (Å²) >= 11 is 0. The first-order chi connectivity index (χ1) is 8.08. The second kappa shape index (κ2) is 5.98. The van der Waals surface area contributed by atoms with Crippen LogP contribution in [0.15, 0.2) is 18.2 Å². The smallest absolute Gasteiger partial charge is 0.260 e. The molecule has 0 spiro atoms. The van der Waals surface area contributed by atoms with Crippen molar-refractivity contribution >= 4 is 11.6 Å². The van der Waals surface area contributed by atoms with Gasteiger partial charge in [0.25, 0.3) is 5.91 Å². The number of carbonyl (C=O) groups excluding carboxylic acids is 1. The predicted molar refractivity (Wildman–Crippen MR) is 66.2 cm³/mol. The number of hydrogen-bond donors (Lipinski definition) is 1. The van der Waals surface area contributed by atoms with Crippen molar-refractivity contribution in [2.45, 2.75) is 6.92 Å². The van der Waals surface area contributed by atoms with Crippen LogP contribution in [0.2, 0.25) is 0 Å². The molecule has 17 heavy (non-hydrogen) atoms. The highest BCUT2D eigenvalue weighted by Gasteiger charge is 2.09. The number of rotatable bonds is 5. The number of methoxy groups -OCH3 is 1. The Morgan fingerprint density at radius 3 is 2.76 bits per heavy atom. The molecule has 1 aromatic rings. The molecule has 0 aromatic heterocycles. The van der Waals surface area contributed by atoms with E-state index in [0.717, 1.165) is 0 Å². The number of nitrogens with two attached hydrogens (primary N) is 1. The molecule has 0 fully saturated rings. The average molecular weight is 238 g/mol. The molecule has 1 amide bonds. The van der Waals surface area contributed by atoms with Crippen LogP contribution >= 0.6 is 0 Å². The molecule has 94 valence electrons. The van der Waals surface area contributed by atoms with E-state index in [0.29, 0.717) is 23.7 Å². The van der Waals surface area contributed by atoms with E-state index in [1.165, 1.54) is 0 Å². The Morgan fingerprint density at radius 2 is 2.18 bits per heavy atom. The van der Waals surface area contributed by atoms with E-state index in [4.69, 9.17) is 15.2 Å². The molecule has 1 rings (SSSR count). The van der Waals surface area contributed by atoms with E-state index in [1.807, 2.05) is 6.92 Å². The van der Waals surface area contributed by atoms with Crippen LogP contribution < -0.4 is 15.2 Å². The van der Waals surface area contributed by atoms with Gasteiger partial charge in [0.05, 0.1) is 12.8 Å². The van der Waals surface area contributed by atoms with E-state index in [2.05, 4.69) is 0 Å². The Labute approximate surface area is 101 Å². The standard InChI is InChI=1S/C12H18N2O3/c1-4-14(2)12(15)8-17-11-7-9(16-3)5-6-10(11)13/h5-7H,4,8,13H2,1-3H3. The summed E-state index contributed by atoms with van der Waals surface area (Å²) in [6, 6.07) is 5.08. The topological polar surface area (TPSA) is 64.8 Å². The lowest BCUT2D eigenvalue weighted by atomic mass is 10.3. The molecular formula is C12H18N2O3. The zero-order valence-corrected chi connectivity index (χ0v) is 10.4. The van der Waals surface area contributed by atoms with Gasteiger partial charge in [-0.05, 0) is 19.1 Å². The molecule has 0 atom stereocenters. The lowest BCUT2D eigenvalue weighted by Crippen LogP contribution is -2.31. The van der Waals surface area contributed by atoms with Crippen molar-refractivity contribution in [1.29, 1.82) is 0 Å². The Balaban J connectivity index is 2.65. The van der Waals surface area contributed by atoms with Gasteiger partial charge in [-0.25, -0.2) is 0 Å². The first-order valence-electron chi connectivity index (χ1n) is 5.38. The molecule has 0 aliphatic carbocycles. The van der Waals surface area contributed by atoms with Crippen molar-refractivity contribution < 1.29 is 14.3 Å². The molecule has 0 saturated carbocycles. The van der Waals surface area contributed by atoms with Crippen LogP contribution in [0.1, 0.15) is 6.92 Å². The van der Waals surface area contributed by atoms with Crippen LogP contribution in [0.5, 0.6) is 11.5 Å². The average Bonchev–Trinajstić information content (AvgIpc) is 2.36. The summed E-state index contributed by atoms with van der Waals surface area (Å²) in [7, 11) is 3.28. The van der Waals surface area contributed by atoms with Gasteiger partial charge in [0.2, 0.25) is 0 Å². The fraction of sp³-hybridized carbons (Fsp3) is 0.417. The first kappa shape index (κ1) is 13.2. The third-order valence-corrected chi connectivity index (χ3v) is 2.47. The van der Waals surface area contributed by atoms with E-state index < -0.39 is 0 Å². The SMILES string of the molecule is CCN(C)C(=O)COc1cc(OC)ccc1N. The van der Waals surface area contributed by atoms with Gasteiger partial charge in [-0.15, -0.1) is 0 Å². The zero-order valence-electron chi connectivity index (χ0n) is 10.4. The second-order valence-electron chi connectivity index (χ2n) is 3.60. The molecule has 0 heterocycles. The minimum Gasteiger partial charge on any atom is -0.497 e. The van der Waals surface area contributed by atoms with Gasteiger partial charge in [-0.2, -0.15) is 0 Å². The summed E-state index contributed by atoms with van der Waals surface area (Å²) in [4.78, 5) is 13.1. The highest BCUT2D eigenvalue weighted by Crippen LogP contribution is 2.26. The van der Waals surface area contributed by atoms with Gasteiger partial charge in [-0.3, -0.25) is 4.79 Å². The Hall–Kier alpha value is -1.91. The summed E-state index contributed by atoms with van der Waals surface area (Å²) in [5.74, 6) is 1.02. The summed E-state index contributed by atoms with van der Waals surface area (Å²) in [5.41, 5.74) is 6.22. The number of carbonyl (C=O) groups is 1. The maximum absolute atomic E-state index is 11.5. The van der Waals surface area contributed by atoms with Crippen molar-refractivity contribution in [2.75, 3.05) is 33.0 Å². The molecule has 0 saturated heterocycles. The number of anilines is 1. The lowest BCUT2D eigenvalue weighted by molar-refractivity contribution is -0.131. The summed E-state index contributed by atoms with van der Waals surface area (Å²) < 4.78 is 10.4. The van der Waals surface area contributed by atoms with Crippen molar-refractivity contribution in [3.8, 4) is 11.5 Å². The Bertz CT molecular complexity index is 393. The van der Waals surface area contributed by atoms with Crippen LogP contribution in [0, 0.1) is 0 Å². The maximum atomic E-state index is 11.5. The van der Waals surface area contributed by atoms with Gasteiger partial charge < -0.3 is 20.1 Å². The number of amides is 1. The van der Waals surface area contributed by atoms with Crippen LogP contribution in [-0.4, -0.2) is 38.1 Å². The van der Waals surface area contributed by atoms with E-state index >= 15 is 0 Å². The first-order valence-corrected chi connectivity index (χ1v) is 5.38. The Morgan fingerprint density at radius 1 is 1.47 bits per heavy atom. The van der Waals surface area contributed by atoms with Gasteiger partial charge in [-0.1, -0.05) is 0 Å². The molecule has 5 nitrogen and oxygen atoms in total. The third-order valence-electron chi connectivity index (χ3n) is 2.47. The van der Waals surface area contributed by atoms with Gasteiger partial charge >= 0.3 is 0 Å². The van der Waals surface area contributed by atoms with Gasteiger partial charge in [0.1, 0.15) is 11.5 Å². The van der Waals surface area contributed by atoms with Crippen molar-refractivity contribution in [3.63, 3.8) is 0 Å². The molecule has 0 aliphatic rings. The number of hydrogen-bond acceptors (Lipinski definition) is 4. The molecule has 1 aromatic carbocycles. The summed E-state index contributed by atoms with van der Waals surface area (Å²) in [6.45, 7) is 2.52. The number of nitrogens with zero attached hydrogens (tertiary/aromatic N) is 1. The van der Waals surface area contributed by atoms with Gasteiger partial charge in [0, 0.05) is 19.7 Å². The maximum Gasteiger partial charge on any atom is 0.260 e. The zero-order chi connectivity index (χ0) is 12.8. The molecule has 0 unspecified atom stereocenters. The summed E-state index contributed by atoms with van der Waals surface area (Å²) in [5, 5.41) is 0. The number of likely N-dealkylation sites (N-methyl/N-ethyl adjacent to an activating group) is 1. The van der Waals surface area contributed by atoms with Crippen molar-refractivity contribution in [3.05, 3.63) is 18.2 Å². The highest BCUT2D eigenvalue weighted by atomic mass is 16.5. The molecule has 0 bridgehead atoms. The quantitative estimate of drug-likeness (QED) is 0.781. The largest absolute Gasteiger partial charge is 0.497 e. The second-order valence-corrected chi connectivity index (χ2v) is 3.60. The highest BCUT2D eigenvalue weighted by molar-refractivity contribution is 5.77. The molecule has 0 aliphatic heterocycles. The fourth-order valence-corrected chi connectivity index (χ4v) is 1.19. The van der Waals surface area contributed by atoms with Crippen LogP contribution in [0.3, 0.4) is 0 Å². The Kier molecular flexibility index (Phi) is 4.63. The van der Waals surface area contributed by atoms with E-state index in [-0.39, 0.29) is 12.5 Å². The fourth-order valence-electron chi connectivity index (χ4n) is 1.19. The number of benzene rings is 1. The molecule has 0 radical (unpaired) electrons. The number of ether oxygens (including phenoxy) is 2. The third kappa shape index (κ3) is 3.55.